The van der Waals surface area contributed by atoms with Crippen LogP contribution in [0.4, 0.5) is 5.69 Å². The zero-order valence-electron chi connectivity index (χ0n) is 10.8. The summed E-state index contributed by atoms with van der Waals surface area (Å²) in [6, 6.07) is 4.98. The average molecular weight is 287 g/mol. The van der Waals surface area contributed by atoms with E-state index in [4.69, 9.17) is 9.84 Å². The number of carboxylic acid groups (broad SMARTS) is 1. The van der Waals surface area contributed by atoms with Crippen LogP contribution in [0.5, 0.6) is 5.75 Å². The number of rotatable bonds is 7. The fourth-order valence-corrected chi connectivity index (χ4v) is 2.31. The standard InChI is InChI=1S/C12H17NO5S/c1-3-6-18-11-7-9(2)4-5-10(11)13-19(16,17)8-12(14)15/h4-5,7,13H,3,6,8H2,1-2H3,(H,14,15). The second-order valence-electron chi connectivity index (χ2n) is 4.10. The van der Waals surface area contributed by atoms with Gasteiger partial charge in [0.1, 0.15) is 5.75 Å². The molecule has 0 saturated heterocycles. The Morgan fingerprint density at radius 3 is 2.68 bits per heavy atom. The molecule has 6 nitrogen and oxygen atoms in total. The van der Waals surface area contributed by atoms with E-state index in [2.05, 4.69) is 4.72 Å². The van der Waals surface area contributed by atoms with Crippen molar-refractivity contribution < 1.29 is 23.1 Å². The van der Waals surface area contributed by atoms with Crippen LogP contribution in [-0.2, 0) is 14.8 Å². The molecule has 0 aliphatic carbocycles. The first-order chi connectivity index (χ1) is 8.84. The summed E-state index contributed by atoms with van der Waals surface area (Å²) >= 11 is 0. The lowest BCUT2D eigenvalue weighted by Gasteiger charge is -2.13. The molecule has 0 saturated carbocycles. The maximum Gasteiger partial charge on any atom is 0.320 e. The Morgan fingerprint density at radius 1 is 1.42 bits per heavy atom. The van der Waals surface area contributed by atoms with Crippen LogP contribution < -0.4 is 9.46 Å². The van der Waals surface area contributed by atoms with Gasteiger partial charge in [-0.05, 0) is 31.0 Å². The molecule has 1 aromatic carbocycles. The fourth-order valence-electron chi connectivity index (χ4n) is 1.41. The summed E-state index contributed by atoms with van der Waals surface area (Å²) in [6.07, 6.45) is 0.787. The van der Waals surface area contributed by atoms with E-state index >= 15 is 0 Å². The molecule has 0 aromatic heterocycles. The summed E-state index contributed by atoms with van der Waals surface area (Å²) in [6.45, 7) is 4.25. The molecule has 0 bridgehead atoms. The molecule has 0 atom stereocenters. The van der Waals surface area contributed by atoms with Crippen molar-refractivity contribution in [2.24, 2.45) is 0 Å². The van der Waals surface area contributed by atoms with Gasteiger partial charge in [-0.3, -0.25) is 9.52 Å². The molecule has 19 heavy (non-hydrogen) atoms. The number of ether oxygens (including phenoxy) is 1. The van der Waals surface area contributed by atoms with Crippen LogP contribution in [0, 0.1) is 6.92 Å². The van der Waals surface area contributed by atoms with E-state index < -0.39 is 21.7 Å². The minimum Gasteiger partial charge on any atom is -0.491 e. The molecule has 0 aliphatic heterocycles. The van der Waals surface area contributed by atoms with Gasteiger partial charge in [0.05, 0.1) is 12.3 Å². The topological polar surface area (TPSA) is 92.7 Å². The molecule has 1 aromatic rings. The van der Waals surface area contributed by atoms with Gasteiger partial charge in [-0.1, -0.05) is 13.0 Å². The average Bonchev–Trinajstić information content (AvgIpc) is 2.27. The first kappa shape index (κ1) is 15.3. The number of benzene rings is 1. The van der Waals surface area contributed by atoms with Crippen LogP contribution in [0.15, 0.2) is 18.2 Å². The predicted octanol–water partition coefficient (Wildman–Crippen LogP) is 1.61. The van der Waals surface area contributed by atoms with E-state index in [1.165, 1.54) is 0 Å². The van der Waals surface area contributed by atoms with Crippen LogP contribution in [0.25, 0.3) is 0 Å². The van der Waals surface area contributed by atoms with E-state index in [0.29, 0.717) is 12.4 Å². The molecular weight excluding hydrogens is 270 g/mol. The molecule has 106 valence electrons. The molecule has 0 aliphatic rings. The van der Waals surface area contributed by atoms with E-state index in [9.17, 15) is 13.2 Å². The molecule has 0 spiro atoms. The molecule has 2 N–H and O–H groups in total. The lowest BCUT2D eigenvalue weighted by atomic mass is 10.2. The van der Waals surface area contributed by atoms with Gasteiger partial charge in [0.2, 0.25) is 10.0 Å². The lowest BCUT2D eigenvalue weighted by Crippen LogP contribution is -2.22. The fraction of sp³-hybridized carbons (Fsp3) is 0.417. The maximum atomic E-state index is 11.6. The van der Waals surface area contributed by atoms with E-state index in [1.807, 2.05) is 13.8 Å². The predicted molar refractivity (Wildman–Crippen MR) is 72.0 cm³/mol. The largest absolute Gasteiger partial charge is 0.491 e. The molecule has 0 unspecified atom stereocenters. The van der Waals surface area contributed by atoms with Gasteiger partial charge >= 0.3 is 5.97 Å². The number of anilines is 1. The number of carboxylic acids is 1. The Balaban J connectivity index is 2.96. The van der Waals surface area contributed by atoms with Crippen molar-refractivity contribution in [2.45, 2.75) is 20.3 Å². The third-order valence-corrected chi connectivity index (χ3v) is 3.34. The smallest absolute Gasteiger partial charge is 0.320 e. The Kier molecular flexibility index (Phi) is 5.17. The summed E-state index contributed by atoms with van der Waals surface area (Å²) < 4.78 is 30.8. The molecular formula is C12H17NO5S. The summed E-state index contributed by atoms with van der Waals surface area (Å²) in [5.41, 5.74) is 1.17. The number of aliphatic carboxylic acids is 1. The highest BCUT2D eigenvalue weighted by atomic mass is 32.2. The number of carbonyl (C=O) groups is 1. The number of nitrogens with one attached hydrogen (secondary N) is 1. The van der Waals surface area contributed by atoms with Gasteiger partial charge in [0.25, 0.3) is 0 Å². The minimum absolute atomic E-state index is 0.250. The zero-order valence-corrected chi connectivity index (χ0v) is 11.7. The molecule has 0 radical (unpaired) electrons. The summed E-state index contributed by atoms with van der Waals surface area (Å²) in [7, 11) is -3.92. The SMILES string of the molecule is CCCOc1cc(C)ccc1NS(=O)(=O)CC(=O)O. The van der Waals surface area contributed by atoms with Gasteiger partial charge in [0, 0.05) is 0 Å². The first-order valence-electron chi connectivity index (χ1n) is 5.80. The first-order valence-corrected chi connectivity index (χ1v) is 7.45. The van der Waals surface area contributed by atoms with E-state index in [-0.39, 0.29) is 5.69 Å². The summed E-state index contributed by atoms with van der Waals surface area (Å²) in [5, 5.41) is 8.53. The highest BCUT2D eigenvalue weighted by Crippen LogP contribution is 2.26. The highest BCUT2D eigenvalue weighted by Gasteiger charge is 2.17. The highest BCUT2D eigenvalue weighted by molar-refractivity contribution is 7.93. The van der Waals surface area contributed by atoms with Gasteiger partial charge in [-0.25, -0.2) is 8.42 Å². The van der Waals surface area contributed by atoms with Crippen molar-refractivity contribution in [3.05, 3.63) is 23.8 Å². The minimum atomic E-state index is -3.92. The van der Waals surface area contributed by atoms with E-state index in [0.717, 1.165) is 12.0 Å². The summed E-state index contributed by atoms with van der Waals surface area (Å²) in [4.78, 5) is 10.5. The molecule has 0 amide bonds. The Labute approximate surface area is 112 Å². The van der Waals surface area contributed by atoms with Crippen LogP contribution in [-0.4, -0.2) is 31.9 Å². The van der Waals surface area contributed by atoms with Crippen molar-refractivity contribution in [2.75, 3.05) is 17.1 Å². The second-order valence-corrected chi connectivity index (χ2v) is 5.83. The number of hydrogen-bond acceptors (Lipinski definition) is 4. The molecule has 7 heteroatoms. The molecule has 0 fully saturated rings. The Hall–Kier alpha value is -1.76. The Bertz CT molecular complexity index is 553. The monoisotopic (exact) mass is 287 g/mol. The summed E-state index contributed by atoms with van der Waals surface area (Å²) in [5.74, 6) is -1.99. The lowest BCUT2D eigenvalue weighted by molar-refractivity contribution is -0.134. The molecule has 1 rings (SSSR count). The third-order valence-electron chi connectivity index (χ3n) is 2.18. The van der Waals surface area contributed by atoms with Gasteiger partial charge < -0.3 is 9.84 Å². The second kappa shape index (κ2) is 6.42. The van der Waals surface area contributed by atoms with Crippen LogP contribution >= 0.6 is 0 Å². The van der Waals surface area contributed by atoms with Crippen molar-refractivity contribution in [1.29, 1.82) is 0 Å². The number of sulfonamides is 1. The maximum absolute atomic E-state index is 11.6. The third kappa shape index (κ3) is 5.17. The number of hydrogen-bond donors (Lipinski definition) is 2. The van der Waals surface area contributed by atoms with Gasteiger partial charge in [-0.15, -0.1) is 0 Å². The normalized spacial score (nSPS) is 11.1. The van der Waals surface area contributed by atoms with Crippen LogP contribution in [0.3, 0.4) is 0 Å². The van der Waals surface area contributed by atoms with E-state index in [1.54, 1.807) is 18.2 Å². The Morgan fingerprint density at radius 2 is 2.11 bits per heavy atom. The molecule has 0 heterocycles. The zero-order chi connectivity index (χ0) is 14.5. The van der Waals surface area contributed by atoms with Crippen molar-refractivity contribution in [3.8, 4) is 5.75 Å². The van der Waals surface area contributed by atoms with Crippen molar-refractivity contribution in [1.82, 2.24) is 0 Å². The van der Waals surface area contributed by atoms with Gasteiger partial charge in [0.15, 0.2) is 5.75 Å². The van der Waals surface area contributed by atoms with Gasteiger partial charge in [-0.2, -0.15) is 0 Å². The van der Waals surface area contributed by atoms with Crippen LogP contribution in [0.2, 0.25) is 0 Å². The van der Waals surface area contributed by atoms with Crippen LogP contribution in [0.1, 0.15) is 18.9 Å². The number of aryl methyl sites for hydroxylation is 1. The quantitative estimate of drug-likeness (QED) is 0.794. The van der Waals surface area contributed by atoms with Crippen molar-refractivity contribution >= 4 is 21.7 Å². The van der Waals surface area contributed by atoms with Crippen molar-refractivity contribution in [3.63, 3.8) is 0 Å².